The summed E-state index contributed by atoms with van der Waals surface area (Å²) in [7, 11) is -4.31. The first-order chi connectivity index (χ1) is 18.7. The van der Waals surface area contributed by atoms with Crippen LogP contribution >= 0.6 is 0 Å². The van der Waals surface area contributed by atoms with Crippen LogP contribution in [0.3, 0.4) is 0 Å². The fraction of sp³-hybridized carbons (Fsp3) is 0.207. The molecule has 0 atom stereocenters. The minimum Gasteiger partial charge on any atom is -0.505 e. The first-order valence-electron chi connectivity index (χ1n) is 12.5. The molecule has 5 rings (SSSR count). The smallest absolute Gasteiger partial charge is 0.283 e. The summed E-state index contributed by atoms with van der Waals surface area (Å²) in [6.07, 6.45) is 0. The quantitative estimate of drug-likeness (QED) is 0.486. The number of amides is 1. The van der Waals surface area contributed by atoms with E-state index in [0.29, 0.717) is 37.4 Å². The topological polar surface area (TPSA) is 119 Å². The highest BCUT2D eigenvalue weighted by molar-refractivity contribution is 7.90. The van der Waals surface area contributed by atoms with Gasteiger partial charge >= 0.3 is 0 Å². The summed E-state index contributed by atoms with van der Waals surface area (Å²) in [5.41, 5.74) is 1.97. The summed E-state index contributed by atoms with van der Waals surface area (Å²) in [6.45, 7) is 4.40. The van der Waals surface area contributed by atoms with Crippen LogP contribution in [-0.2, 0) is 21.4 Å². The Labute approximate surface area is 227 Å². The molecule has 3 aromatic carbocycles. The van der Waals surface area contributed by atoms with E-state index in [2.05, 4.69) is 26.7 Å². The minimum absolute atomic E-state index is 0.122. The molecule has 0 unspecified atom stereocenters. The van der Waals surface area contributed by atoms with Crippen LogP contribution in [-0.4, -0.2) is 66.9 Å². The van der Waals surface area contributed by atoms with Gasteiger partial charge in [0.05, 0.1) is 4.90 Å². The fourth-order valence-corrected chi connectivity index (χ4v) is 5.80. The predicted octanol–water partition coefficient (Wildman–Crippen LogP) is 3.72. The Balaban J connectivity index is 1.47. The molecule has 1 saturated heterocycles. The number of ketones is 1. The zero-order valence-corrected chi connectivity index (χ0v) is 22.2. The van der Waals surface area contributed by atoms with Gasteiger partial charge in [0.25, 0.3) is 10.0 Å². The molecule has 1 heterocycles. The van der Waals surface area contributed by atoms with E-state index in [4.69, 9.17) is 0 Å². The highest BCUT2D eigenvalue weighted by atomic mass is 32.2. The van der Waals surface area contributed by atoms with E-state index in [0.717, 1.165) is 6.54 Å². The minimum atomic E-state index is -4.31. The molecule has 39 heavy (non-hydrogen) atoms. The molecule has 0 spiro atoms. The number of rotatable bonds is 6. The van der Waals surface area contributed by atoms with Gasteiger partial charge in [0, 0.05) is 56.5 Å². The van der Waals surface area contributed by atoms with Crippen LogP contribution in [0, 0.1) is 0 Å². The van der Waals surface area contributed by atoms with Crippen molar-refractivity contribution in [1.29, 1.82) is 0 Å². The van der Waals surface area contributed by atoms with Crippen molar-refractivity contribution in [2.75, 3.05) is 31.5 Å². The van der Waals surface area contributed by atoms with Crippen molar-refractivity contribution in [2.45, 2.75) is 18.4 Å². The predicted molar refractivity (Wildman–Crippen MR) is 149 cm³/mol. The average molecular weight is 545 g/mol. The molecule has 200 valence electrons. The van der Waals surface area contributed by atoms with Gasteiger partial charge in [0.2, 0.25) is 11.7 Å². The number of allylic oxidation sites excluding steroid dienone is 1. The summed E-state index contributed by atoms with van der Waals surface area (Å²) in [5, 5.41) is 13.9. The number of hydrogen-bond donors (Lipinski definition) is 2. The number of hydrogen-bond acceptors (Lipinski definition) is 7. The van der Waals surface area contributed by atoms with Crippen LogP contribution in [0.25, 0.3) is 5.76 Å². The van der Waals surface area contributed by atoms with Gasteiger partial charge in [-0.05, 0) is 29.8 Å². The molecular weight excluding hydrogens is 516 g/mol. The SMILES string of the molecule is CC(=O)Nc1ccc(S(=O)(=O)/N=C2/C(=O)c3ccccc3C(O)=C2N2CCN(Cc3ccccc3)CC2)cc1. The molecule has 2 N–H and O–H groups in total. The van der Waals surface area contributed by atoms with Gasteiger partial charge in [-0.1, -0.05) is 54.6 Å². The third-order valence-electron chi connectivity index (χ3n) is 6.71. The second-order valence-corrected chi connectivity index (χ2v) is 11.0. The standard InChI is InChI=1S/C29H28N4O5S/c1-20(34)30-22-11-13-23(14-12-22)39(37,38)31-26-27(29(36)25-10-6-5-9-24(25)28(26)35)33-17-15-32(16-18-33)19-21-7-3-2-4-8-21/h2-14,36H,15-19H2,1H3,(H,30,34)/b31-26+. The van der Waals surface area contributed by atoms with Gasteiger partial charge in [-0.25, -0.2) is 0 Å². The van der Waals surface area contributed by atoms with E-state index in [1.165, 1.54) is 36.8 Å². The molecule has 0 saturated carbocycles. The van der Waals surface area contributed by atoms with E-state index >= 15 is 0 Å². The third-order valence-corrected chi connectivity index (χ3v) is 8.00. The van der Waals surface area contributed by atoms with Gasteiger partial charge < -0.3 is 15.3 Å². The molecule has 9 nitrogen and oxygen atoms in total. The van der Waals surface area contributed by atoms with Crippen LogP contribution in [0.4, 0.5) is 5.69 Å². The Bertz CT molecular complexity index is 1570. The summed E-state index contributed by atoms with van der Waals surface area (Å²) in [4.78, 5) is 28.8. The lowest BCUT2D eigenvalue weighted by atomic mass is 9.90. The molecule has 0 bridgehead atoms. The highest BCUT2D eigenvalue weighted by Gasteiger charge is 2.37. The number of anilines is 1. The molecule has 2 aliphatic rings. The highest BCUT2D eigenvalue weighted by Crippen LogP contribution is 2.32. The van der Waals surface area contributed by atoms with E-state index in [1.54, 1.807) is 24.3 Å². The second-order valence-electron chi connectivity index (χ2n) is 9.44. The zero-order valence-electron chi connectivity index (χ0n) is 21.4. The summed E-state index contributed by atoms with van der Waals surface area (Å²) < 4.78 is 30.6. The maximum Gasteiger partial charge on any atom is 0.283 e. The first kappa shape index (κ1) is 26.3. The second kappa shape index (κ2) is 10.8. The van der Waals surface area contributed by atoms with Crippen LogP contribution in [0.2, 0.25) is 0 Å². The summed E-state index contributed by atoms with van der Waals surface area (Å²) in [6, 6.07) is 22.2. The van der Waals surface area contributed by atoms with E-state index in [-0.39, 0.29) is 33.5 Å². The zero-order chi connectivity index (χ0) is 27.6. The van der Waals surface area contributed by atoms with Crippen molar-refractivity contribution in [3.05, 3.63) is 101 Å². The number of aliphatic hydroxyl groups is 1. The van der Waals surface area contributed by atoms with Gasteiger partial charge in [-0.2, -0.15) is 12.8 Å². The first-order valence-corrected chi connectivity index (χ1v) is 14.0. The molecule has 10 heteroatoms. The Hall–Kier alpha value is -4.28. The Morgan fingerprint density at radius 3 is 2.15 bits per heavy atom. The number of benzene rings is 3. The molecule has 1 aliphatic heterocycles. The third kappa shape index (κ3) is 5.62. The molecule has 1 fully saturated rings. The van der Waals surface area contributed by atoms with Gasteiger partial charge in [-0.3, -0.25) is 14.5 Å². The van der Waals surface area contributed by atoms with Crippen molar-refractivity contribution < 1.29 is 23.1 Å². The van der Waals surface area contributed by atoms with E-state index < -0.39 is 15.8 Å². The van der Waals surface area contributed by atoms with Crippen LogP contribution in [0.5, 0.6) is 0 Å². The van der Waals surface area contributed by atoms with Crippen LogP contribution < -0.4 is 5.32 Å². The average Bonchev–Trinajstić information content (AvgIpc) is 2.93. The van der Waals surface area contributed by atoms with E-state index in [9.17, 15) is 23.1 Å². The monoisotopic (exact) mass is 544 g/mol. The number of carbonyl (C=O) groups is 2. The number of fused-ring (bicyclic) bond motifs is 1. The maximum absolute atomic E-state index is 13.6. The lowest BCUT2D eigenvalue weighted by molar-refractivity contribution is -0.114. The van der Waals surface area contributed by atoms with E-state index in [1.807, 2.05) is 23.1 Å². The van der Waals surface area contributed by atoms with Gasteiger partial charge in [0.1, 0.15) is 11.5 Å². The van der Waals surface area contributed by atoms with Crippen LogP contribution in [0.15, 0.2) is 93.9 Å². The van der Waals surface area contributed by atoms with Crippen molar-refractivity contribution in [1.82, 2.24) is 9.80 Å². The Morgan fingerprint density at radius 2 is 1.51 bits per heavy atom. The lowest BCUT2D eigenvalue weighted by Crippen LogP contribution is -2.48. The summed E-state index contributed by atoms with van der Waals surface area (Å²) in [5.74, 6) is -1.02. The number of sulfonamides is 1. The molecule has 0 aromatic heterocycles. The lowest BCUT2D eigenvalue weighted by Gasteiger charge is -2.38. The Kier molecular flexibility index (Phi) is 7.32. The van der Waals surface area contributed by atoms with Crippen LogP contribution in [0.1, 0.15) is 28.4 Å². The number of piperazine rings is 1. The number of nitrogens with zero attached hydrogens (tertiary/aromatic N) is 3. The van der Waals surface area contributed by atoms with Gasteiger partial charge in [-0.15, -0.1) is 0 Å². The maximum atomic E-state index is 13.6. The van der Waals surface area contributed by atoms with Gasteiger partial charge in [0.15, 0.2) is 5.71 Å². The van der Waals surface area contributed by atoms with Crippen molar-refractivity contribution >= 4 is 38.9 Å². The van der Waals surface area contributed by atoms with Crippen molar-refractivity contribution in [3.8, 4) is 0 Å². The summed E-state index contributed by atoms with van der Waals surface area (Å²) >= 11 is 0. The van der Waals surface area contributed by atoms with Crippen molar-refractivity contribution in [2.24, 2.45) is 4.40 Å². The molecular formula is C29H28N4O5S. The fourth-order valence-electron chi connectivity index (χ4n) is 4.80. The number of carbonyl (C=O) groups excluding carboxylic acids is 2. The molecule has 0 radical (unpaired) electrons. The normalized spacial score (nSPS) is 17.3. The number of Topliss-reactive ketones (excluding diaryl/α,β-unsaturated/α-hetero) is 1. The van der Waals surface area contributed by atoms with Crippen molar-refractivity contribution in [3.63, 3.8) is 0 Å². The Morgan fingerprint density at radius 1 is 0.897 bits per heavy atom. The molecule has 1 amide bonds. The number of aliphatic hydroxyl groups excluding tert-OH is 1. The molecule has 1 aliphatic carbocycles. The molecule has 3 aromatic rings. The largest absolute Gasteiger partial charge is 0.505 e. The number of nitrogens with one attached hydrogen (secondary N) is 1.